The van der Waals surface area contributed by atoms with Crippen LogP contribution in [0.3, 0.4) is 0 Å². The van der Waals surface area contributed by atoms with Crippen LogP contribution in [0.2, 0.25) is 0 Å². The Morgan fingerprint density at radius 1 is 1.64 bits per heavy atom. The standard InChI is InChI=1S/C9H11Br2NOS/c1-12(4-2-3-10)9(13)7-5-8(11)14-6-7/h5-6H,2-4H2,1H3. The Hall–Kier alpha value is 0.130. The summed E-state index contributed by atoms with van der Waals surface area (Å²) in [7, 11) is 1.83. The second-order valence-electron chi connectivity index (χ2n) is 2.91. The van der Waals surface area contributed by atoms with Gasteiger partial charge in [-0.1, -0.05) is 15.9 Å². The lowest BCUT2D eigenvalue weighted by atomic mass is 10.3. The third-order valence-electron chi connectivity index (χ3n) is 1.79. The van der Waals surface area contributed by atoms with Crippen LogP contribution in [0.1, 0.15) is 16.8 Å². The van der Waals surface area contributed by atoms with Crippen molar-refractivity contribution in [3.63, 3.8) is 0 Å². The number of hydrogen-bond acceptors (Lipinski definition) is 2. The zero-order valence-corrected chi connectivity index (χ0v) is 11.8. The van der Waals surface area contributed by atoms with E-state index >= 15 is 0 Å². The van der Waals surface area contributed by atoms with E-state index in [0.29, 0.717) is 0 Å². The lowest BCUT2D eigenvalue weighted by molar-refractivity contribution is 0.0796. The van der Waals surface area contributed by atoms with Gasteiger partial charge in [0.25, 0.3) is 5.91 Å². The van der Waals surface area contributed by atoms with Crippen LogP contribution in [0.5, 0.6) is 0 Å². The minimum absolute atomic E-state index is 0.0906. The second kappa shape index (κ2) is 5.88. The predicted octanol–water partition coefficient (Wildman–Crippen LogP) is 3.37. The van der Waals surface area contributed by atoms with Gasteiger partial charge in [0.05, 0.1) is 9.35 Å². The number of thiophene rings is 1. The van der Waals surface area contributed by atoms with E-state index in [2.05, 4.69) is 31.9 Å². The fourth-order valence-corrected chi connectivity index (χ4v) is 2.42. The number of carbonyl (C=O) groups is 1. The van der Waals surface area contributed by atoms with Gasteiger partial charge in [-0.2, -0.15) is 0 Å². The number of halogens is 2. The summed E-state index contributed by atoms with van der Waals surface area (Å²) in [6, 6.07) is 1.86. The maximum Gasteiger partial charge on any atom is 0.254 e. The van der Waals surface area contributed by atoms with E-state index in [4.69, 9.17) is 0 Å². The Bertz CT molecular complexity index is 314. The van der Waals surface area contributed by atoms with Crippen LogP contribution in [0.15, 0.2) is 15.2 Å². The van der Waals surface area contributed by atoms with Gasteiger partial charge in [-0.05, 0) is 28.4 Å². The van der Waals surface area contributed by atoms with E-state index in [0.717, 1.165) is 27.6 Å². The number of carbonyl (C=O) groups excluding carboxylic acids is 1. The van der Waals surface area contributed by atoms with E-state index in [9.17, 15) is 4.79 Å². The number of hydrogen-bond donors (Lipinski definition) is 0. The van der Waals surface area contributed by atoms with Gasteiger partial charge < -0.3 is 4.90 Å². The SMILES string of the molecule is CN(CCCBr)C(=O)c1csc(Br)c1. The van der Waals surface area contributed by atoms with Crippen LogP contribution < -0.4 is 0 Å². The molecule has 0 bridgehead atoms. The molecule has 14 heavy (non-hydrogen) atoms. The molecule has 1 amide bonds. The minimum atomic E-state index is 0.0906. The van der Waals surface area contributed by atoms with Gasteiger partial charge in [-0.15, -0.1) is 11.3 Å². The molecule has 0 atom stereocenters. The highest BCUT2D eigenvalue weighted by molar-refractivity contribution is 9.11. The topological polar surface area (TPSA) is 20.3 Å². The number of rotatable bonds is 4. The Morgan fingerprint density at radius 2 is 2.36 bits per heavy atom. The molecule has 0 fully saturated rings. The van der Waals surface area contributed by atoms with Gasteiger partial charge in [-0.25, -0.2) is 0 Å². The quantitative estimate of drug-likeness (QED) is 0.769. The van der Waals surface area contributed by atoms with Crippen molar-refractivity contribution < 1.29 is 4.79 Å². The van der Waals surface area contributed by atoms with Crippen LogP contribution in [0.25, 0.3) is 0 Å². The molecule has 0 aliphatic rings. The zero-order valence-electron chi connectivity index (χ0n) is 7.80. The molecule has 0 unspecified atom stereocenters. The van der Waals surface area contributed by atoms with Crippen molar-refractivity contribution in [2.45, 2.75) is 6.42 Å². The summed E-state index contributed by atoms with van der Waals surface area (Å²) in [5.74, 6) is 0.0906. The van der Waals surface area contributed by atoms with E-state index < -0.39 is 0 Å². The molecular formula is C9H11Br2NOS. The maximum atomic E-state index is 11.8. The summed E-state index contributed by atoms with van der Waals surface area (Å²) in [6.45, 7) is 0.789. The van der Waals surface area contributed by atoms with Crippen molar-refractivity contribution in [3.05, 3.63) is 20.8 Å². The largest absolute Gasteiger partial charge is 0.342 e. The average molecular weight is 341 g/mol. The van der Waals surface area contributed by atoms with Gasteiger partial charge in [-0.3, -0.25) is 4.79 Å². The highest BCUT2D eigenvalue weighted by atomic mass is 79.9. The molecule has 1 heterocycles. The van der Waals surface area contributed by atoms with Crippen LogP contribution in [0.4, 0.5) is 0 Å². The second-order valence-corrected chi connectivity index (χ2v) is 5.99. The lowest BCUT2D eigenvalue weighted by Crippen LogP contribution is -2.27. The van der Waals surface area contributed by atoms with Crippen molar-refractivity contribution in [1.29, 1.82) is 0 Å². The smallest absolute Gasteiger partial charge is 0.254 e. The Balaban J connectivity index is 2.56. The molecule has 0 aromatic carbocycles. The van der Waals surface area contributed by atoms with E-state index in [1.54, 1.807) is 4.90 Å². The van der Waals surface area contributed by atoms with E-state index in [-0.39, 0.29) is 5.91 Å². The molecule has 0 saturated heterocycles. The lowest BCUT2D eigenvalue weighted by Gasteiger charge is -2.15. The summed E-state index contributed by atoms with van der Waals surface area (Å²) >= 11 is 8.22. The molecule has 0 aliphatic heterocycles. The molecule has 0 spiro atoms. The summed E-state index contributed by atoms with van der Waals surface area (Å²) < 4.78 is 0.995. The van der Waals surface area contributed by atoms with E-state index in [1.165, 1.54) is 11.3 Å². The minimum Gasteiger partial charge on any atom is -0.342 e. The normalized spacial score (nSPS) is 10.2. The average Bonchev–Trinajstić information content (AvgIpc) is 2.60. The summed E-state index contributed by atoms with van der Waals surface area (Å²) in [4.78, 5) is 13.5. The first kappa shape index (κ1) is 12.2. The van der Waals surface area contributed by atoms with Crippen molar-refractivity contribution in [3.8, 4) is 0 Å². The predicted molar refractivity (Wildman–Crippen MR) is 67.4 cm³/mol. The monoisotopic (exact) mass is 339 g/mol. The highest BCUT2D eigenvalue weighted by Crippen LogP contribution is 2.21. The van der Waals surface area contributed by atoms with Crippen LogP contribution in [0, 0.1) is 0 Å². The summed E-state index contributed by atoms with van der Waals surface area (Å²) in [5, 5.41) is 2.80. The van der Waals surface area contributed by atoms with Gasteiger partial charge in [0, 0.05) is 24.3 Å². The number of alkyl halides is 1. The van der Waals surface area contributed by atoms with Crippen molar-refractivity contribution in [1.82, 2.24) is 4.90 Å². The molecule has 0 N–H and O–H groups in total. The fraction of sp³-hybridized carbons (Fsp3) is 0.444. The molecule has 5 heteroatoms. The molecular weight excluding hydrogens is 330 g/mol. The van der Waals surface area contributed by atoms with Gasteiger partial charge >= 0.3 is 0 Å². The number of nitrogens with zero attached hydrogens (tertiary/aromatic N) is 1. The molecule has 2 nitrogen and oxygen atoms in total. The Morgan fingerprint density at radius 3 is 2.86 bits per heavy atom. The maximum absolute atomic E-state index is 11.8. The van der Waals surface area contributed by atoms with Gasteiger partial charge in [0.2, 0.25) is 0 Å². The van der Waals surface area contributed by atoms with Crippen LogP contribution in [-0.2, 0) is 0 Å². The third-order valence-corrected chi connectivity index (χ3v) is 3.85. The van der Waals surface area contributed by atoms with Crippen LogP contribution >= 0.6 is 43.2 Å². The van der Waals surface area contributed by atoms with Gasteiger partial charge in [0.1, 0.15) is 0 Å². The molecule has 1 rings (SSSR count). The molecule has 1 aromatic rings. The highest BCUT2D eigenvalue weighted by Gasteiger charge is 2.12. The zero-order chi connectivity index (χ0) is 10.6. The molecule has 78 valence electrons. The first-order valence-corrected chi connectivity index (χ1v) is 7.00. The molecule has 0 aliphatic carbocycles. The first-order valence-electron chi connectivity index (χ1n) is 4.20. The Kier molecular flexibility index (Phi) is 5.12. The first-order chi connectivity index (χ1) is 6.65. The van der Waals surface area contributed by atoms with Gasteiger partial charge in [0.15, 0.2) is 0 Å². The molecule has 1 aromatic heterocycles. The Labute approximate surface area is 105 Å². The fourth-order valence-electron chi connectivity index (χ4n) is 1.04. The van der Waals surface area contributed by atoms with Crippen LogP contribution in [-0.4, -0.2) is 29.7 Å². The van der Waals surface area contributed by atoms with Crippen molar-refractivity contribution in [2.75, 3.05) is 18.9 Å². The molecule has 0 radical (unpaired) electrons. The van der Waals surface area contributed by atoms with Crippen molar-refractivity contribution >= 4 is 49.1 Å². The third kappa shape index (κ3) is 3.37. The van der Waals surface area contributed by atoms with E-state index in [1.807, 2.05) is 18.5 Å². The van der Waals surface area contributed by atoms with Crippen molar-refractivity contribution in [2.24, 2.45) is 0 Å². The summed E-state index contributed by atoms with van der Waals surface area (Å²) in [6.07, 6.45) is 0.980. The number of amides is 1. The molecule has 0 saturated carbocycles. The summed E-state index contributed by atoms with van der Waals surface area (Å²) in [5.41, 5.74) is 0.763.